The third-order valence-electron chi connectivity index (χ3n) is 4.25. The maximum absolute atomic E-state index is 13.4. The fourth-order valence-corrected chi connectivity index (χ4v) is 3.75. The van der Waals surface area contributed by atoms with Gasteiger partial charge in [0.2, 0.25) is 0 Å². The highest BCUT2D eigenvalue weighted by Crippen LogP contribution is 2.35. The highest BCUT2D eigenvalue weighted by Gasteiger charge is 2.37. The van der Waals surface area contributed by atoms with Crippen LogP contribution in [0, 0.1) is 12.7 Å². The quantitative estimate of drug-likeness (QED) is 0.647. The SMILES string of the molecule is Cc1scnc1C(=O)Nc1ccc(N2C(=O)c3ccc(F)cc3C2=O)c(Cl)c1. The molecule has 9 heteroatoms. The average Bonchev–Trinajstić information content (AvgIpc) is 3.18. The van der Waals surface area contributed by atoms with Crippen LogP contribution in [0.4, 0.5) is 15.8 Å². The zero-order valence-corrected chi connectivity index (χ0v) is 15.9. The van der Waals surface area contributed by atoms with Crippen molar-refractivity contribution in [3.05, 3.63) is 74.4 Å². The molecule has 0 saturated carbocycles. The molecule has 28 heavy (non-hydrogen) atoms. The fourth-order valence-electron chi connectivity index (χ4n) is 2.91. The Morgan fingerprint density at radius 2 is 1.89 bits per heavy atom. The molecule has 3 aromatic rings. The highest BCUT2D eigenvalue weighted by molar-refractivity contribution is 7.09. The van der Waals surface area contributed by atoms with E-state index in [1.807, 2.05) is 0 Å². The van der Waals surface area contributed by atoms with E-state index in [1.54, 1.807) is 12.4 Å². The molecule has 6 nitrogen and oxygen atoms in total. The number of imide groups is 1. The molecule has 140 valence electrons. The molecule has 0 radical (unpaired) electrons. The van der Waals surface area contributed by atoms with Crippen LogP contribution in [0.25, 0.3) is 0 Å². The first-order valence-corrected chi connectivity index (χ1v) is 9.32. The van der Waals surface area contributed by atoms with Crippen molar-refractivity contribution in [1.82, 2.24) is 4.98 Å². The minimum absolute atomic E-state index is 0.0162. The van der Waals surface area contributed by atoms with Crippen molar-refractivity contribution >= 4 is 52.0 Å². The number of rotatable bonds is 3. The normalized spacial score (nSPS) is 13.0. The number of anilines is 2. The standard InChI is InChI=1S/C19H11ClFN3O3S/c1-9-16(22-8-28-9)17(25)23-11-3-5-15(14(20)7-11)24-18(26)12-4-2-10(21)6-13(12)19(24)27/h2-8H,1H3,(H,23,25). The van der Waals surface area contributed by atoms with E-state index in [0.717, 1.165) is 21.9 Å². The molecule has 3 amide bonds. The van der Waals surface area contributed by atoms with Crippen LogP contribution in [0.3, 0.4) is 0 Å². The van der Waals surface area contributed by atoms with Crippen molar-refractivity contribution in [2.45, 2.75) is 6.92 Å². The van der Waals surface area contributed by atoms with Gasteiger partial charge >= 0.3 is 0 Å². The monoisotopic (exact) mass is 415 g/mol. The van der Waals surface area contributed by atoms with E-state index in [0.29, 0.717) is 11.4 Å². The third-order valence-corrected chi connectivity index (χ3v) is 5.32. The largest absolute Gasteiger partial charge is 0.321 e. The molecule has 2 aromatic carbocycles. The molecule has 0 atom stereocenters. The summed E-state index contributed by atoms with van der Waals surface area (Å²) in [7, 11) is 0. The molecule has 0 spiro atoms. The van der Waals surface area contributed by atoms with Gasteiger partial charge in [0.1, 0.15) is 11.5 Å². The van der Waals surface area contributed by atoms with Gasteiger partial charge in [-0.3, -0.25) is 14.4 Å². The third kappa shape index (κ3) is 2.96. The number of aromatic nitrogens is 1. The van der Waals surface area contributed by atoms with E-state index in [1.165, 1.54) is 35.6 Å². The number of carbonyl (C=O) groups excluding carboxylic acids is 3. The van der Waals surface area contributed by atoms with Crippen molar-refractivity contribution < 1.29 is 18.8 Å². The summed E-state index contributed by atoms with van der Waals surface area (Å²) < 4.78 is 13.4. The van der Waals surface area contributed by atoms with E-state index in [4.69, 9.17) is 11.6 Å². The lowest BCUT2D eigenvalue weighted by atomic mass is 10.1. The van der Waals surface area contributed by atoms with Crippen LogP contribution in [0.1, 0.15) is 36.1 Å². The average molecular weight is 416 g/mol. The lowest BCUT2D eigenvalue weighted by Gasteiger charge is -2.16. The molecular weight excluding hydrogens is 405 g/mol. The van der Waals surface area contributed by atoms with Crippen LogP contribution < -0.4 is 10.2 Å². The van der Waals surface area contributed by atoms with Crippen LogP contribution in [-0.2, 0) is 0 Å². The van der Waals surface area contributed by atoms with Gasteiger partial charge in [-0.1, -0.05) is 11.6 Å². The predicted molar refractivity (Wildman–Crippen MR) is 104 cm³/mol. The number of aryl methyl sites for hydroxylation is 1. The number of amides is 3. The van der Waals surface area contributed by atoms with Crippen LogP contribution in [0.2, 0.25) is 5.02 Å². The number of benzene rings is 2. The van der Waals surface area contributed by atoms with Crippen molar-refractivity contribution in [1.29, 1.82) is 0 Å². The molecular formula is C19H11ClFN3O3S. The summed E-state index contributed by atoms with van der Waals surface area (Å²) in [4.78, 5) is 43.1. The summed E-state index contributed by atoms with van der Waals surface area (Å²) in [6.07, 6.45) is 0. The van der Waals surface area contributed by atoms with Gasteiger partial charge < -0.3 is 5.32 Å². The van der Waals surface area contributed by atoms with Crippen molar-refractivity contribution in [3.8, 4) is 0 Å². The zero-order chi connectivity index (χ0) is 20.0. The molecule has 0 unspecified atom stereocenters. The number of thiazole rings is 1. The van der Waals surface area contributed by atoms with Crippen LogP contribution in [-0.4, -0.2) is 22.7 Å². The van der Waals surface area contributed by atoms with Gasteiger partial charge in [-0.15, -0.1) is 11.3 Å². The van der Waals surface area contributed by atoms with Crippen molar-refractivity contribution in [2.24, 2.45) is 0 Å². The van der Waals surface area contributed by atoms with Crippen LogP contribution in [0.5, 0.6) is 0 Å². The van der Waals surface area contributed by atoms with Crippen LogP contribution in [0.15, 0.2) is 41.9 Å². The maximum Gasteiger partial charge on any atom is 0.275 e. The number of nitrogens with zero attached hydrogens (tertiary/aromatic N) is 2. The van der Waals surface area contributed by atoms with E-state index in [2.05, 4.69) is 10.3 Å². The first-order valence-electron chi connectivity index (χ1n) is 8.06. The summed E-state index contributed by atoms with van der Waals surface area (Å²) in [6, 6.07) is 7.81. The Bertz CT molecular complexity index is 1160. The Balaban J connectivity index is 1.62. The summed E-state index contributed by atoms with van der Waals surface area (Å²) in [5.74, 6) is -2.24. The minimum atomic E-state index is -0.656. The molecule has 1 aliphatic heterocycles. The van der Waals surface area contributed by atoms with Gasteiger partial charge in [0.15, 0.2) is 0 Å². The number of hydrogen-bond donors (Lipinski definition) is 1. The number of halogens is 2. The zero-order valence-electron chi connectivity index (χ0n) is 14.3. The highest BCUT2D eigenvalue weighted by atomic mass is 35.5. The Morgan fingerprint density at radius 1 is 1.14 bits per heavy atom. The molecule has 1 aromatic heterocycles. The lowest BCUT2D eigenvalue weighted by molar-refractivity contribution is 0.0924. The molecule has 0 fully saturated rings. The first kappa shape index (κ1) is 18.3. The first-order chi connectivity index (χ1) is 13.4. The number of hydrogen-bond acceptors (Lipinski definition) is 5. The second-order valence-corrected chi connectivity index (χ2v) is 7.48. The molecule has 1 N–H and O–H groups in total. The fraction of sp³-hybridized carbons (Fsp3) is 0.0526. The van der Waals surface area contributed by atoms with Gasteiger partial charge in [-0.05, 0) is 43.3 Å². The lowest BCUT2D eigenvalue weighted by Crippen LogP contribution is -2.29. The number of fused-ring (bicyclic) bond motifs is 1. The summed E-state index contributed by atoms with van der Waals surface area (Å²) >= 11 is 7.62. The summed E-state index contributed by atoms with van der Waals surface area (Å²) in [5.41, 5.74) is 2.51. The Kier molecular flexibility index (Phi) is 4.44. The molecule has 0 bridgehead atoms. The molecule has 0 saturated heterocycles. The summed E-state index contributed by atoms with van der Waals surface area (Å²) in [5, 5.41) is 2.76. The van der Waals surface area contributed by atoms with E-state index in [-0.39, 0.29) is 21.8 Å². The van der Waals surface area contributed by atoms with Crippen molar-refractivity contribution in [3.63, 3.8) is 0 Å². The van der Waals surface area contributed by atoms with Gasteiger partial charge in [0, 0.05) is 10.6 Å². The van der Waals surface area contributed by atoms with Crippen molar-refractivity contribution in [2.75, 3.05) is 10.2 Å². The second-order valence-electron chi connectivity index (χ2n) is 6.01. The Labute approximate surface area is 167 Å². The smallest absolute Gasteiger partial charge is 0.275 e. The van der Waals surface area contributed by atoms with E-state index >= 15 is 0 Å². The van der Waals surface area contributed by atoms with Gasteiger partial charge in [-0.2, -0.15) is 0 Å². The van der Waals surface area contributed by atoms with Gasteiger partial charge in [0.05, 0.1) is 27.3 Å². The van der Waals surface area contributed by atoms with E-state index < -0.39 is 23.5 Å². The van der Waals surface area contributed by atoms with Crippen LogP contribution >= 0.6 is 22.9 Å². The topological polar surface area (TPSA) is 79.4 Å². The summed E-state index contributed by atoms with van der Waals surface area (Å²) in [6.45, 7) is 1.79. The van der Waals surface area contributed by atoms with Gasteiger partial charge in [0.25, 0.3) is 17.7 Å². The maximum atomic E-state index is 13.4. The minimum Gasteiger partial charge on any atom is -0.321 e. The number of nitrogens with one attached hydrogen (secondary N) is 1. The Hall–Kier alpha value is -3.10. The van der Waals surface area contributed by atoms with Gasteiger partial charge in [-0.25, -0.2) is 14.3 Å². The van der Waals surface area contributed by atoms with E-state index in [9.17, 15) is 18.8 Å². The predicted octanol–water partition coefficient (Wildman–Crippen LogP) is 4.30. The number of carbonyl (C=O) groups is 3. The Morgan fingerprint density at radius 3 is 2.57 bits per heavy atom. The molecule has 2 heterocycles. The molecule has 1 aliphatic rings. The second kappa shape index (κ2) is 6.81. The molecule has 4 rings (SSSR count). The molecule has 0 aliphatic carbocycles.